The van der Waals surface area contributed by atoms with Crippen molar-refractivity contribution in [1.29, 1.82) is 0 Å². The van der Waals surface area contributed by atoms with Crippen LogP contribution in [0.15, 0.2) is 5.16 Å². The van der Waals surface area contributed by atoms with E-state index in [4.69, 9.17) is 10.9 Å². The third-order valence-corrected chi connectivity index (χ3v) is 4.41. The molecule has 0 atom stereocenters. The molecule has 0 spiro atoms. The Balaban J connectivity index is 2.10. The molecule has 5 nitrogen and oxygen atoms in total. The Morgan fingerprint density at radius 3 is 2.47 bits per heavy atom. The lowest BCUT2D eigenvalue weighted by atomic mass is 9.66. The second-order valence-corrected chi connectivity index (χ2v) is 6.33. The van der Waals surface area contributed by atoms with Crippen LogP contribution < -0.4 is 5.73 Å². The molecule has 3 N–H and O–H groups in total. The maximum Gasteiger partial charge on any atom is 0.236 e. The van der Waals surface area contributed by atoms with E-state index in [-0.39, 0.29) is 11.7 Å². The smallest absolute Gasteiger partial charge is 0.236 e. The summed E-state index contributed by atoms with van der Waals surface area (Å²) >= 11 is 0. The van der Waals surface area contributed by atoms with Crippen molar-refractivity contribution in [3.8, 4) is 0 Å². The summed E-state index contributed by atoms with van der Waals surface area (Å²) < 4.78 is 0. The third-order valence-electron chi connectivity index (χ3n) is 4.41. The molecule has 108 valence electrons. The first-order valence-corrected chi connectivity index (χ1v) is 7.30. The van der Waals surface area contributed by atoms with Gasteiger partial charge in [0.2, 0.25) is 5.91 Å². The van der Waals surface area contributed by atoms with E-state index in [1.165, 1.54) is 0 Å². The van der Waals surface area contributed by atoms with Crippen LogP contribution >= 0.6 is 0 Å². The quantitative estimate of drug-likeness (QED) is 0.334. The first kappa shape index (κ1) is 14.2. The van der Waals surface area contributed by atoms with Gasteiger partial charge >= 0.3 is 0 Å². The van der Waals surface area contributed by atoms with Gasteiger partial charge in [-0.3, -0.25) is 4.79 Å². The lowest BCUT2D eigenvalue weighted by Crippen LogP contribution is -2.56. The predicted octanol–water partition coefficient (Wildman–Crippen LogP) is 1.94. The zero-order chi connectivity index (χ0) is 14.0. The molecule has 0 radical (unpaired) electrons. The number of hydrogen-bond acceptors (Lipinski definition) is 3. The minimum atomic E-state index is -0.714. The number of oxime groups is 1. The van der Waals surface area contributed by atoms with Crippen molar-refractivity contribution in [3.05, 3.63) is 0 Å². The molecule has 2 fully saturated rings. The standard InChI is InChI=1S/C14H25N3O2/c1-10(2)6-9-17(11-4-5-11)13(18)14(7-3-8-14)12(15)16-19/h10-11,19H,3-9H2,1-2H3,(H2,15,16). The van der Waals surface area contributed by atoms with Crippen molar-refractivity contribution in [2.45, 2.75) is 58.4 Å². The SMILES string of the molecule is CC(C)CCN(C(=O)C1(C(N)=NO)CCC1)C1CC1. The summed E-state index contributed by atoms with van der Waals surface area (Å²) in [6.45, 7) is 5.12. The summed E-state index contributed by atoms with van der Waals surface area (Å²) in [7, 11) is 0. The van der Waals surface area contributed by atoms with Crippen LogP contribution in [-0.2, 0) is 4.79 Å². The molecule has 0 aliphatic heterocycles. The zero-order valence-electron chi connectivity index (χ0n) is 11.9. The van der Waals surface area contributed by atoms with Crippen LogP contribution in [0.25, 0.3) is 0 Å². The van der Waals surface area contributed by atoms with Crippen molar-refractivity contribution in [1.82, 2.24) is 4.90 Å². The van der Waals surface area contributed by atoms with Gasteiger partial charge in [0.25, 0.3) is 0 Å². The Kier molecular flexibility index (Phi) is 4.02. The van der Waals surface area contributed by atoms with E-state index in [0.717, 1.165) is 32.2 Å². The van der Waals surface area contributed by atoms with Gasteiger partial charge in [0.15, 0.2) is 5.84 Å². The molecule has 0 unspecified atom stereocenters. The second-order valence-electron chi connectivity index (χ2n) is 6.33. The Hall–Kier alpha value is -1.26. The average Bonchev–Trinajstić information content (AvgIpc) is 3.11. The van der Waals surface area contributed by atoms with Gasteiger partial charge in [0.05, 0.1) is 0 Å². The van der Waals surface area contributed by atoms with Crippen LogP contribution in [0.1, 0.15) is 52.4 Å². The molecule has 19 heavy (non-hydrogen) atoms. The first-order chi connectivity index (χ1) is 9.01. The van der Waals surface area contributed by atoms with Crippen molar-refractivity contribution in [2.75, 3.05) is 6.54 Å². The van der Waals surface area contributed by atoms with Gasteiger partial charge < -0.3 is 15.8 Å². The fourth-order valence-electron chi connectivity index (χ4n) is 2.71. The fourth-order valence-corrected chi connectivity index (χ4v) is 2.71. The van der Waals surface area contributed by atoms with Crippen molar-refractivity contribution in [2.24, 2.45) is 22.2 Å². The van der Waals surface area contributed by atoms with Gasteiger partial charge in [-0.1, -0.05) is 25.4 Å². The first-order valence-electron chi connectivity index (χ1n) is 7.30. The number of carbonyl (C=O) groups is 1. The molecule has 2 aliphatic carbocycles. The number of hydrogen-bond donors (Lipinski definition) is 2. The number of amidine groups is 1. The molecular formula is C14H25N3O2. The van der Waals surface area contributed by atoms with E-state index in [0.29, 0.717) is 24.8 Å². The monoisotopic (exact) mass is 267 g/mol. The predicted molar refractivity (Wildman–Crippen MR) is 73.9 cm³/mol. The average molecular weight is 267 g/mol. The van der Waals surface area contributed by atoms with Crippen LogP contribution in [-0.4, -0.2) is 34.4 Å². The highest BCUT2D eigenvalue weighted by Crippen LogP contribution is 2.44. The summed E-state index contributed by atoms with van der Waals surface area (Å²) in [6, 6.07) is 0.384. The Bertz CT molecular complexity index is 371. The summed E-state index contributed by atoms with van der Waals surface area (Å²) in [4.78, 5) is 14.8. The summed E-state index contributed by atoms with van der Waals surface area (Å²) in [5.74, 6) is 0.756. The van der Waals surface area contributed by atoms with E-state index in [1.54, 1.807) is 0 Å². The molecule has 5 heteroatoms. The zero-order valence-corrected chi connectivity index (χ0v) is 11.9. The Morgan fingerprint density at radius 2 is 2.11 bits per heavy atom. The molecule has 2 rings (SSSR count). The number of carbonyl (C=O) groups excluding carboxylic acids is 1. The van der Waals surface area contributed by atoms with Crippen LogP contribution in [0.4, 0.5) is 0 Å². The van der Waals surface area contributed by atoms with Crippen molar-refractivity contribution >= 4 is 11.7 Å². The van der Waals surface area contributed by atoms with E-state index in [9.17, 15) is 4.79 Å². The maximum atomic E-state index is 12.8. The topological polar surface area (TPSA) is 78.9 Å². The molecule has 0 aromatic rings. The second kappa shape index (κ2) is 5.39. The van der Waals surface area contributed by atoms with Crippen molar-refractivity contribution in [3.63, 3.8) is 0 Å². The van der Waals surface area contributed by atoms with Gasteiger partial charge in [0, 0.05) is 12.6 Å². The molecule has 2 aliphatic rings. The van der Waals surface area contributed by atoms with E-state index in [2.05, 4.69) is 19.0 Å². The molecule has 0 aromatic heterocycles. The number of nitrogens with zero attached hydrogens (tertiary/aromatic N) is 2. The molecule has 0 bridgehead atoms. The Labute approximate surface area is 114 Å². The van der Waals surface area contributed by atoms with E-state index < -0.39 is 5.41 Å². The molecule has 0 saturated heterocycles. The summed E-state index contributed by atoms with van der Waals surface area (Å²) in [6.07, 6.45) is 5.60. The van der Waals surface area contributed by atoms with Crippen LogP contribution in [0.3, 0.4) is 0 Å². The van der Waals surface area contributed by atoms with Gasteiger partial charge in [-0.05, 0) is 38.0 Å². The minimum Gasteiger partial charge on any atom is -0.409 e. The maximum absolute atomic E-state index is 12.8. The van der Waals surface area contributed by atoms with Gasteiger partial charge in [-0.15, -0.1) is 0 Å². The summed E-state index contributed by atoms with van der Waals surface area (Å²) in [5, 5.41) is 12.0. The number of rotatable bonds is 6. The lowest BCUT2D eigenvalue weighted by molar-refractivity contribution is -0.143. The highest BCUT2D eigenvalue weighted by molar-refractivity contribution is 6.07. The molecular weight excluding hydrogens is 242 g/mol. The number of amides is 1. The molecule has 0 heterocycles. The largest absolute Gasteiger partial charge is 0.409 e. The Morgan fingerprint density at radius 1 is 1.47 bits per heavy atom. The van der Waals surface area contributed by atoms with Gasteiger partial charge in [0.1, 0.15) is 5.41 Å². The van der Waals surface area contributed by atoms with Crippen LogP contribution in [0.5, 0.6) is 0 Å². The van der Waals surface area contributed by atoms with E-state index in [1.807, 2.05) is 4.90 Å². The normalized spacial score (nSPS) is 22.2. The summed E-state index contributed by atoms with van der Waals surface area (Å²) in [5.41, 5.74) is 5.07. The van der Waals surface area contributed by atoms with E-state index >= 15 is 0 Å². The fraction of sp³-hybridized carbons (Fsp3) is 0.857. The molecule has 0 aromatic carbocycles. The minimum absolute atomic E-state index is 0.0807. The number of nitrogens with two attached hydrogens (primary N) is 1. The highest BCUT2D eigenvalue weighted by atomic mass is 16.4. The van der Waals surface area contributed by atoms with Crippen LogP contribution in [0, 0.1) is 11.3 Å². The highest BCUT2D eigenvalue weighted by Gasteiger charge is 2.52. The van der Waals surface area contributed by atoms with Gasteiger partial charge in [-0.2, -0.15) is 0 Å². The van der Waals surface area contributed by atoms with Crippen LogP contribution in [0.2, 0.25) is 0 Å². The molecule has 1 amide bonds. The van der Waals surface area contributed by atoms with Gasteiger partial charge in [-0.25, -0.2) is 0 Å². The van der Waals surface area contributed by atoms with Crippen molar-refractivity contribution < 1.29 is 10.0 Å². The lowest BCUT2D eigenvalue weighted by Gasteiger charge is -2.42. The third kappa shape index (κ3) is 2.69. The molecule has 2 saturated carbocycles.